The van der Waals surface area contributed by atoms with Crippen molar-refractivity contribution in [2.24, 2.45) is 5.92 Å². The molecule has 0 atom stereocenters. The number of terminal acetylenes is 1. The van der Waals surface area contributed by atoms with Crippen molar-refractivity contribution in [3.05, 3.63) is 42.2 Å². The Labute approximate surface area is 123 Å². The quantitative estimate of drug-likeness (QED) is 0.784. The van der Waals surface area contributed by atoms with Crippen LogP contribution < -0.4 is 0 Å². The first-order valence-corrected chi connectivity index (χ1v) is 6.98. The number of para-hydroxylation sites is 1. The molecule has 21 heavy (non-hydrogen) atoms. The maximum atomic E-state index is 12.5. The van der Waals surface area contributed by atoms with Crippen LogP contribution in [0.4, 0.5) is 0 Å². The molecule has 0 N–H and O–H groups in total. The van der Waals surface area contributed by atoms with Crippen LogP contribution >= 0.6 is 0 Å². The highest BCUT2D eigenvalue weighted by Gasteiger charge is 2.28. The van der Waals surface area contributed by atoms with Gasteiger partial charge in [0.15, 0.2) is 5.69 Å². The summed E-state index contributed by atoms with van der Waals surface area (Å²) in [4.78, 5) is 15.6. The Bertz CT molecular complexity index is 667. The number of nitrogens with zero attached hydrogens (tertiary/aromatic N) is 4. The van der Waals surface area contributed by atoms with Crippen LogP contribution in [0.1, 0.15) is 23.3 Å². The summed E-state index contributed by atoms with van der Waals surface area (Å²) in [6.45, 7) is 1.02. The normalized spacial score (nSPS) is 13.7. The van der Waals surface area contributed by atoms with Crippen molar-refractivity contribution in [2.45, 2.75) is 12.8 Å². The molecule has 1 aromatic heterocycles. The van der Waals surface area contributed by atoms with E-state index < -0.39 is 0 Å². The summed E-state index contributed by atoms with van der Waals surface area (Å²) >= 11 is 0. The van der Waals surface area contributed by atoms with E-state index in [1.807, 2.05) is 30.3 Å². The van der Waals surface area contributed by atoms with Gasteiger partial charge < -0.3 is 4.90 Å². The van der Waals surface area contributed by atoms with Crippen LogP contribution in [0.2, 0.25) is 0 Å². The third kappa shape index (κ3) is 3.11. The molecule has 5 heteroatoms. The zero-order valence-corrected chi connectivity index (χ0v) is 11.6. The number of hydrogen-bond acceptors (Lipinski definition) is 3. The lowest BCUT2D eigenvalue weighted by atomic mass is 10.3. The van der Waals surface area contributed by atoms with E-state index in [9.17, 15) is 4.79 Å². The molecule has 0 spiro atoms. The molecular weight excluding hydrogens is 264 g/mol. The van der Waals surface area contributed by atoms with Gasteiger partial charge in [0.25, 0.3) is 5.91 Å². The van der Waals surface area contributed by atoms with Crippen LogP contribution in [0.5, 0.6) is 0 Å². The van der Waals surface area contributed by atoms with E-state index in [4.69, 9.17) is 6.42 Å². The highest BCUT2D eigenvalue weighted by atomic mass is 16.2. The van der Waals surface area contributed by atoms with E-state index in [0.717, 1.165) is 5.69 Å². The lowest BCUT2D eigenvalue weighted by Crippen LogP contribution is -2.33. The first kappa shape index (κ1) is 13.4. The molecule has 1 aliphatic carbocycles. The van der Waals surface area contributed by atoms with E-state index >= 15 is 0 Å². The van der Waals surface area contributed by atoms with E-state index in [1.54, 1.807) is 4.90 Å². The Morgan fingerprint density at radius 2 is 2.14 bits per heavy atom. The summed E-state index contributed by atoms with van der Waals surface area (Å²) in [5, 5.41) is 8.41. The fourth-order valence-corrected chi connectivity index (χ4v) is 2.15. The number of carbonyl (C=O) groups excluding carboxylic acids is 1. The van der Waals surface area contributed by atoms with Gasteiger partial charge in [0, 0.05) is 6.54 Å². The molecule has 0 aliphatic heterocycles. The van der Waals surface area contributed by atoms with E-state index in [0.29, 0.717) is 24.7 Å². The zero-order valence-electron chi connectivity index (χ0n) is 11.6. The third-order valence-electron chi connectivity index (χ3n) is 3.44. The van der Waals surface area contributed by atoms with Crippen molar-refractivity contribution >= 4 is 5.91 Å². The lowest BCUT2D eigenvalue weighted by Gasteiger charge is -2.18. The summed E-state index contributed by atoms with van der Waals surface area (Å²) in [5.41, 5.74) is 1.15. The van der Waals surface area contributed by atoms with Gasteiger partial charge in [-0.15, -0.1) is 11.5 Å². The van der Waals surface area contributed by atoms with E-state index in [1.165, 1.54) is 23.8 Å². The minimum Gasteiger partial charge on any atom is -0.326 e. The number of carbonyl (C=O) groups is 1. The van der Waals surface area contributed by atoms with Crippen LogP contribution in [0.15, 0.2) is 36.5 Å². The van der Waals surface area contributed by atoms with Gasteiger partial charge in [0.05, 0.1) is 18.4 Å². The summed E-state index contributed by atoms with van der Waals surface area (Å²) in [7, 11) is 0. The zero-order chi connectivity index (χ0) is 14.7. The Morgan fingerprint density at radius 3 is 2.81 bits per heavy atom. The van der Waals surface area contributed by atoms with Crippen molar-refractivity contribution < 1.29 is 4.79 Å². The minimum absolute atomic E-state index is 0.151. The van der Waals surface area contributed by atoms with Crippen molar-refractivity contribution in [1.29, 1.82) is 0 Å². The smallest absolute Gasteiger partial charge is 0.276 e. The van der Waals surface area contributed by atoms with Crippen LogP contribution in [-0.4, -0.2) is 38.9 Å². The average molecular weight is 280 g/mol. The Kier molecular flexibility index (Phi) is 3.69. The number of amides is 1. The van der Waals surface area contributed by atoms with Crippen molar-refractivity contribution in [1.82, 2.24) is 19.9 Å². The largest absolute Gasteiger partial charge is 0.326 e. The maximum absolute atomic E-state index is 12.5. The number of rotatable bonds is 5. The fraction of sp³-hybridized carbons (Fsp3) is 0.312. The Hall–Kier alpha value is -2.61. The topological polar surface area (TPSA) is 51.0 Å². The van der Waals surface area contributed by atoms with Crippen molar-refractivity contribution in [3.8, 4) is 18.0 Å². The molecule has 1 saturated carbocycles. The number of benzene rings is 1. The minimum atomic E-state index is -0.151. The van der Waals surface area contributed by atoms with Crippen LogP contribution in [0.25, 0.3) is 5.69 Å². The molecule has 2 aromatic rings. The second kappa shape index (κ2) is 5.80. The Balaban J connectivity index is 1.78. The third-order valence-corrected chi connectivity index (χ3v) is 3.44. The fourth-order valence-electron chi connectivity index (χ4n) is 2.15. The van der Waals surface area contributed by atoms with Crippen molar-refractivity contribution in [2.75, 3.05) is 13.1 Å². The molecule has 3 rings (SSSR count). The maximum Gasteiger partial charge on any atom is 0.276 e. The van der Waals surface area contributed by atoms with Gasteiger partial charge in [0.2, 0.25) is 0 Å². The van der Waals surface area contributed by atoms with E-state index in [2.05, 4.69) is 16.1 Å². The van der Waals surface area contributed by atoms with Crippen molar-refractivity contribution in [3.63, 3.8) is 0 Å². The molecule has 0 radical (unpaired) electrons. The molecule has 1 aliphatic rings. The molecule has 1 aromatic carbocycles. The molecule has 0 bridgehead atoms. The average Bonchev–Trinajstić information content (AvgIpc) is 3.20. The molecule has 1 amide bonds. The monoisotopic (exact) mass is 280 g/mol. The van der Waals surface area contributed by atoms with Gasteiger partial charge in [0.1, 0.15) is 0 Å². The van der Waals surface area contributed by atoms with Gasteiger partial charge >= 0.3 is 0 Å². The SMILES string of the molecule is C#CCN(CC1CC1)C(=O)c1cnn(-c2ccccc2)n1. The van der Waals surface area contributed by atoms with Crippen LogP contribution in [0.3, 0.4) is 0 Å². The predicted molar refractivity (Wildman–Crippen MR) is 78.8 cm³/mol. The highest BCUT2D eigenvalue weighted by Crippen LogP contribution is 2.29. The predicted octanol–water partition coefficient (Wildman–Crippen LogP) is 1.75. The second-order valence-electron chi connectivity index (χ2n) is 5.19. The summed E-state index contributed by atoms with van der Waals surface area (Å²) in [6.07, 6.45) is 9.19. The van der Waals surface area contributed by atoms with E-state index in [-0.39, 0.29) is 5.91 Å². The summed E-state index contributed by atoms with van der Waals surface area (Å²) in [5.74, 6) is 2.98. The van der Waals surface area contributed by atoms with Gasteiger partial charge in [-0.25, -0.2) is 0 Å². The molecule has 1 fully saturated rings. The molecule has 106 valence electrons. The van der Waals surface area contributed by atoms with Crippen LogP contribution in [0, 0.1) is 18.3 Å². The van der Waals surface area contributed by atoms with Gasteiger partial charge in [-0.1, -0.05) is 24.1 Å². The highest BCUT2D eigenvalue weighted by molar-refractivity contribution is 5.92. The summed E-state index contributed by atoms with van der Waals surface area (Å²) < 4.78 is 0. The van der Waals surface area contributed by atoms with Crippen LogP contribution in [-0.2, 0) is 0 Å². The van der Waals surface area contributed by atoms with Gasteiger partial charge in [-0.2, -0.15) is 9.90 Å². The second-order valence-corrected chi connectivity index (χ2v) is 5.19. The van der Waals surface area contributed by atoms with Gasteiger partial charge in [-0.05, 0) is 30.9 Å². The molecule has 0 unspecified atom stereocenters. The first-order valence-electron chi connectivity index (χ1n) is 6.98. The molecule has 0 saturated heterocycles. The standard InChI is InChI=1S/C16H16N4O/c1-2-10-19(12-13-8-9-13)16(21)15-11-17-20(18-15)14-6-4-3-5-7-14/h1,3-7,11,13H,8-10,12H2. The lowest BCUT2D eigenvalue weighted by molar-refractivity contribution is 0.0763. The number of hydrogen-bond donors (Lipinski definition) is 0. The first-order chi connectivity index (χ1) is 10.3. The molecular formula is C16H16N4O. The summed E-state index contributed by atoms with van der Waals surface area (Å²) in [6, 6.07) is 9.49. The van der Waals surface area contributed by atoms with Gasteiger partial charge in [-0.3, -0.25) is 4.79 Å². The molecule has 1 heterocycles. The number of aromatic nitrogens is 3. The Morgan fingerprint density at radius 1 is 1.38 bits per heavy atom. The molecule has 5 nitrogen and oxygen atoms in total.